The summed E-state index contributed by atoms with van der Waals surface area (Å²) in [5.74, 6) is 2.15. The molecule has 2 aromatic rings. The Kier molecular flexibility index (Phi) is 4.34. The Morgan fingerprint density at radius 1 is 1.21 bits per heavy atom. The fraction of sp³-hybridized carbons (Fsp3) is 0.588. The molecule has 2 aromatic heterocycles. The SMILES string of the molecule is O=C(c1ccco1)N1CCCC(c2nc(C3CCOCC3)no2)C1. The number of carbonyl (C=O) groups excluding carboxylic acids is 1. The van der Waals surface area contributed by atoms with E-state index in [9.17, 15) is 4.79 Å². The Hall–Kier alpha value is -2.15. The molecule has 0 saturated carbocycles. The minimum absolute atomic E-state index is 0.0751. The van der Waals surface area contributed by atoms with E-state index >= 15 is 0 Å². The molecule has 0 radical (unpaired) electrons. The highest BCUT2D eigenvalue weighted by molar-refractivity contribution is 5.91. The standard InChI is InChI=1S/C17H21N3O4/c21-17(14-4-2-8-23-14)20-7-1-3-13(11-20)16-18-15(19-24-16)12-5-9-22-10-6-12/h2,4,8,12-13H,1,3,5-7,9-11H2. The fourth-order valence-electron chi connectivity index (χ4n) is 3.45. The first-order valence-electron chi connectivity index (χ1n) is 8.55. The van der Waals surface area contributed by atoms with Gasteiger partial charge in [-0.3, -0.25) is 4.79 Å². The minimum Gasteiger partial charge on any atom is -0.459 e. The van der Waals surface area contributed by atoms with Crippen molar-refractivity contribution in [1.82, 2.24) is 15.0 Å². The maximum atomic E-state index is 12.4. The van der Waals surface area contributed by atoms with Crippen molar-refractivity contribution in [2.45, 2.75) is 37.5 Å². The summed E-state index contributed by atoms with van der Waals surface area (Å²) in [6, 6.07) is 3.43. The van der Waals surface area contributed by atoms with Gasteiger partial charge in [-0.15, -0.1) is 0 Å². The van der Waals surface area contributed by atoms with Gasteiger partial charge >= 0.3 is 0 Å². The summed E-state index contributed by atoms with van der Waals surface area (Å²) in [5, 5.41) is 4.17. The average Bonchev–Trinajstić information content (AvgIpc) is 3.34. The Bertz CT molecular complexity index is 676. The lowest BCUT2D eigenvalue weighted by Gasteiger charge is -2.30. The van der Waals surface area contributed by atoms with Gasteiger partial charge in [-0.1, -0.05) is 5.16 Å². The van der Waals surface area contributed by atoms with Crippen molar-refractivity contribution in [1.29, 1.82) is 0 Å². The number of carbonyl (C=O) groups is 1. The molecule has 24 heavy (non-hydrogen) atoms. The summed E-state index contributed by atoms with van der Waals surface area (Å²) < 4.78 is 16.1. The van der Waals surface area contributed by atoms with E-state index in [1.807, 2.05) is 4.90 Å². The third-order valence-corrected chi connectivity index (χ3v) is 4.83. The van der Waals surface area contributed by atoms with Gasteiger partial charge in [0.15, 0.2) is 11.6 Å². The predicted octanol–water partition coefficient (Wildman–Crippen LogP) is 2.58. The fourth-order valence-corrected chi connectivity index (χ4v) is 3.45. The monoisotopic (exact) mass is 331 g/mol. The molecule has 0 aromatic carbocycles. The third kappa shape index (κ3) is 3.08. The van der Waals surface area contributed by atoms with Crippen LogP contribution in [0.4, 0.5) is 0 Å². The zero-order valence-electron chi connectivity index (χ0n) is 13.5. The van der Waals surface area contributed by atoms with Gasteiger partial charge in [0.2, 0.25) is 5.89 Å². The highest BCUT2D eigenvalue weighted by Crippen LogP contribution is 2.30. The molecule has 7 heteroatoms. The molecular weight excluding hydrogens is 310 g/mol. The number of piperidine rings is 1. The minimum atomic E-state index is -0.0751. The van der Waals surface area contributed by atoms with Gasteiger partial charge in [-0.25, -0.2) is 0 Å². The second-order valence-corrected chi connectivity index (χ2v) is 6.45. The Labute approximate surface area is 140 Å². The number of nitrogens with zero attached hydrogens (tertiary/aromatic N) is 3. The molecule has 2 aliphatic rings. The van der Waals surface area contributed by atoms with Crippen LogP contribution in [-0.2, 0) is 4.74 Å². The summed E-state index contributed by atoms with van der Waals surface area (Å²) in [6.45, 7) is 2.83. The van der Waals surface area contributed by atoms with Crippen molar-refractivity contribution >= 4 is 5.91 Å². The molecule has 2 saturated heterocycles. The van der Waals surface area contributed by atoms with Crippen LogP contribution in [0.2, 0.25) is 0 Å². The first-order valence-corrected chi connectivity index (χ1v) is 8.55. The van der Waals surface area contributed by atoms with Crippen LogP contribution in [-0.4, -0.2) is 47.3 Å². The normalized spacial score (nSPS) is 22.7. The van der Waals surface area contributed by atoms with Crippen LogP contribution >= 0.6 is 0 Å². The van der Waals surface area contributed by atoms with E-state index in [0.29, 0.717) is 24.1 Å². The molecule has 7 nitrogen and oxygen atoms in total. The number of aromatic nitrogens is 2. The van der Waals surface area contributed by atoms with Crippen molar-refractivity contribution in [3.63, 3.8) is 0 Å². The van der Waals surface area contributed by atoms with E-state index in [0.717, 1.165) is 51.3 Å². The topological polar surface area (TPSA) is 81.6 Å². The lowest BCUT2D eigenvalue weighted by atomic mass is 9.97. The van der Waals surface area contributed by atoms with Crippen LogP contribution in [0.5, 0.6) is 0 Å². The second kappa shape index (κ2) is 6.76. The zero-order valence-corrected chi connectivity index (χ0v) is 13.5. The highest BCUT2D eigenvalue weighted by atomic mass is 16.5. The number of furan rings is 1. The van der Waals surface area contributed by atoms with Crippen LogP contribution < -0.4 is 0 Å². The van der Waals surface area contributed by atoms with Gasteiger partial charge < -0.3 is 18.6 Å². The molecule has 2 aliphatic heterocycles. The smallest absolute Gasteiger partial charge is 0.289 e. The van der Waals surface area contributed by atoms with E-state index in [4.69, 9.17) is 13.7 Å². The van der Waals surface area contributed by atoms with E-state index in [2.05, 4.69) is 10.1 Å². The first-order chi connectivity index (χ1) is 11.8. The van der Waals surface area contributed by atoms with E-state index in [1.54, 1.807) is 12.1 Å². The average molecular weight is 331 g/mol. The number of hydrogen-bond acceptors (Lipinski definition) is 6. The number of likely N-dealkylation sites (tertiary alicyclic amines) is 1. The van der Waals surface area contributed by atoms with Crippen molar-refractivity contribution < 1.29 is 18.5 Å². The van der Waals surface area contributed by atoms with Crippen LogP contribution in [0.25, 0.3) is 0 Å². The van der Waals surface area contributed by atoms with E-state index in [-0.39, 0.29) is 11.8 Å². The number of rotatable bonds is 3. The molecule has 128 valence electrons. The van der Waals surface area contributed by atoms with Gasteiger partial charge in [-0.2, -0.15) is 4.98 Å². The summed E-state index contributed by atoms with van der Waals surface area (Å²) in [6.07, 6.45) is 5.27. The van der Waals surface area contributed by atoms with Crippen LogP contribution in [0.3, 0.4) is 0 Å². The van der Waals surface area contributed by atoms with E-state index in [1.165, 1.54) is 6.26 Å². The third-order valence-electron chi connectivity index (χ3n) is 4.83. The quantitative estimate of drug-likeness (QED) is 0.860. The van der Waals surface area contributed by atoms with Gasteiger partial charge in [0.25, 0.3) is 5.91 Å². The Balaban J connectivity index is 1.44. The predicted molar refractivity (Wildman–Crippen MR) is 83.7 cm³/mol. The van der Waals surface area contributed by atoms with Crippen LogP contribution in [0.15, 0.2) is 27.3 Å². The summed E-state index contributed by atoms with van der Waals surface area (Å²) >= 11 is 0. The first kappa shape index (κ1) is 15.4. The molecular formula is C17H21N3O4. The molecule has 0 aliphatic carbocycles. The maximum Gasteiger partial charge on any atom is 0.289 e. The van der Waals surface area contributed by atoms with Gasteiger partial charge in [0, 0.05) is 32.2 Å². The second-order valence-electron chi connectivity index (χ2n) is 6.45. The Morgan fingerprint density at radius 3 is 2.88 bits per heavy atom. The molecule has 1 unspecified atom stereocenters. The Morgan fingerprint density at radius 2 is 2.08 bits per heavy atom. The number of amides is 1. The molecule has 0 spiro atoms. The number of hydrogen-bond donors (Lipinski definition) is 0. The van der Waals surface area contributed by atoms with Crippen molar-refractivity contribution in [2.24, 2.45) is 0 Å². The molecule has 4 rings (SSSR count). The largest absolute Gasteiger partial charge is 0.459 e. The molecule has 0 bridgehead atoms. The van der Waals surface area contributed by atoms with Crippen molar-refractivity contribution in [2.75, 3.05) is 26.3 Å². The molecule has 1 amide bonds. The van der Waals surface area contributed by atoms with Gasteiger partial charge in [-0.05, 0) is 37.8 Å². The van der Waals surface area contributed by atoms with Crippen molar-refractivity contribution in [3.05, 3.63) is 35.9 Å². The molecule has 0 N–H and O–H groups in total. The molecule has 4 heterocycles. The van der Waals surface area contributed by atoms with Crippen molar-refractivity contribution in [3.8, 4) is 0 Å². The zero-order chi connectivity index (χ0) is 16.4. The van der Waals surface area contributed by atoms with Crippen LogP contribution in [0, 0.1) is 0 Å². The molecule has 2 fully saturated rings. The summed E-state index contributed by atoms with van der Waals surface area (Å²) in [7, 11) is 0. The van der Waals surface area contributed by atoms with E-state index < -0.39 is 0 Å². The number of ether oxygens (including phenoxy) is 1. The summed E-state index contributed by atoms with van der Waals surface area (Å²) in [4.78, 5) is 18.9. The summed E-state index contributed by atoms with van der Waals surface area (Å²) in [5.41, 5.74) is 0. The van der Waals surface area contributed by atoms with Gasteiger partial charge in [0.05, 0.1) is 12.2 Å². The lowest BCUT2D eigenvalue weighted by Crippen LogP contribution is -2.39. The lowest BCUT2D eigenvalue weighted by molar-refractivity contribution is 0.0663. The van der Waals surface area contributed by atoms with Gasteiger partial charge in [0.1, 0.15) is 0 Å². The van der Waals surface area contributed by atoms with Crippen LogP contribution in [0.1, 0.15) is 59.8 Å². The highest BCUT2D eigenvalue weighted by Gasteiger charge is 2.31. The maximum absolute atomic E-state index is 12.4. The molecule has 1 atom stereocenters.